The summed E-state index contributed by atoms with van der Waals surface area (Å²) in [5.41, 5.74) is -2.46. The number of nitrogens with zero attached hydrogens (tertiary/aromatic N) is 3. The van der Waals surface area contributed by atoms with Gasteiger partial charge in [-0.05, 0) is 74.0 Å². The van der Waals surface area contributed by atoms with Gasteiger partial charge < -0.3 is 29.3 Å². The number of nitrogens with one attached hydrogen (secondary N) is 1. The van der Waals surface area contributed by atoms with Crippen molar-refractivity contribution in [2.75, 3.05) is 46.6 Å². The minimum absolute atomic E-state index is 0.0221. The standard InChI is InChI=1S/C36H39ClF6N4O5S/c1-50-20-28-26-6-5-23(37)18-22(26)8-15-46(28)33(49)34(52-25-19-30(53-21-25)36(41,42)43)11-3-14-47(29(34)7-13-44-24-9-16-51-17-10-24)32(48)31-27(35(38,39)40)4-2-12-45-31/h2,4-6,12,18-19,21,24,28-29,44H,3,7-11,13-17,20H2,1H3/t28?,29-,34+/m1/s1. The third kappa shape index (κ3) is 8.46. The number of benzene rings is 1. The fraction of sp³-hybridized carbons (Fsp3) is 0.528. The first-order chi connectivity index (χ1) is 25.2. The van der Waals surface area contributed by atoms with E-state index in [4.69, 9.17) is 25.8 Å². The summed E-state index contributed by atoms with van der Waals surface area (Å²) in [7, 11) is 1.47. The van der Waals surface area contributed by atoms with E-state index in [2.05, 4.69) is 10.3 Å². The molecule has 2 saturated heterocycles. The van der Waals surface area contributed by atoms with Crippen LogP contribution in [-0.2, 0) is 33.0 Å². The number of pyridine rings is 1. The number of likely N-dealkylation sites (tertiary alicyclic amines) is 1. The molecular weight excluding hydrogens is 750 g/mol. The minimum atomic E-state index is -4.92. The Kier molecular flexibility index (Phi) is 11.9. The van der Waals surface area contributed by atoms with Crippen molar-refractivity contribution < 1.29 is 50.1 Å². The molecule has 9 nitrogen and oxygen atoms in total. The molecule has 3 atom stereocenters. The topological polar surface area (TPSA) is 93.2 Å². The van der Waals surface area contributed by atoms with Gasteiger partial charge in [0.25, 0.3) is 11.8 Å². The van der Waals surface area contributed by atoms with E-state index in [1.165, 1.54) is 12.0 Å². The molecule has 2 aromatic heterocycles. The first-order valence-corrected chi connectivity index (χ1v) is 18.6. The number of carbonyl (C=O) groups excluding carboxylic acids is 2. The van der Waals surface area contributed by atoms with Crippen LogP contribution in [0.25, 0.3) is 0 Å². The Balaban J connectivity index is 1.46. The normalized spacial score (nSPS) is 22.8. The summed E-state index contributed by atoms with van der Waals surface area (Å²) in [5, 5.41) is 5.07. The molecule has 2 amide bonds. The van der Waals surface area contributed by atoms with Crippen LogP contribution in [0.4, 0.5) is 26.3 Å². The highest BCUT2D eigenvalue weighted by Gasteiger charge is 2.57. The first-order valence-electron chi connectivity index (χ1n) is 17.3. The van der Waals surface area contributed by atoms with Gasteiger partial charge in [0.1, 0.15) is 16.3 Å². The number of carbonyl (C=O) groups is 2. The van der Waals surface area contributed by atoms with Crippen LogP contribution < -0.4 is 10.1 Å². The molecule has 1 aromatic carbocycles. The zero-order valence-corrected chi connectivity index (χ0v) is 30.3. The average molecular weight is 789 g/mol. The second-order valence-corrected chi connectivity index (χ2v) is 14.7. The van der Waals surface area contributed by atoms with E-state index >= 15 is 4.79 Å². The number of ether oxygens (including phenoxy) is 3. The maximum atomic E-state index is 15.4. The molecule has 0 spiro atoms. The Hall–Kier alpha value is -3.44. The van der Waals surface area contributed by atoms with Gasteiger partial charge in [0.2, 0.25) is 5.60 Å². The Morgan fingerprint density at radius 1 is 1.08 bits per heavy atom. The summed E-state index contributed by atoms with van der Waals surface area (Å²) < 4.78 is 102. The molecule has 2 fully saturated rings. The van der Waals surface area contributed by atoms with Crippen LogP contribution in [0.3, 0.4) is 0 Å². The second-order valence-electron chi connectivity index (χ2n) is 13.3. The first kappa shape index (κ1) is 39.3. The molecular formula is C36H39ClF6N4O5S. The van der Waals surface area contributed by atoms with E-state index < -0.39 is 58.0 Å². The highest BCUT2D eigenvalue weighted by atomic mass is 35.5. The monoisotopic (exact) mass is 788 g/mol. The molecule has 6 rings (SSSR count). The van der Waals surface area contributed by atoms with E-state index in [-0.39, 0.29) is 57.3 Å². The van der Waals surface area contributed by atoms with Crippen molar-refractivity contribution in [3.05, 3.63) is 80.3 Å². The van der Waals surface area contributed by atoms with Crippen LogP contribution in [0.15, 0.2) is 48.0 Å². The number of rotatable bonds is 10. The molecule has 5 heterocycles. The van der Waals surface area contributed by atoms with Crippen molar-refractivity contribution in [3.63, 3.8) is 0 Å². The predicted octanol–water partition coefficient (Wildman–Crippen LogP) is 7.19. The van der Waals surface area contributed by atoms with Gasteiger partial charge in [-0.25, -0.2) is 0 Å². The van der Waals surface area contributed by atoms with Crippen molar-refractivity contribution in [2.45, 2.75) is 74.6 Å². The van der Waals surface area contributed by atoms with Gasteiger partial charge in [-0.3, -0.25) is 14.6 Å². The van der Waals surface area contributed by atoms with Crippen LogP contribution in [0.2, 0.25) is 5.02 Å². The molecule has 3 aliphatic heterocycles. The maximum absolute atomic E-state index is 15.4. The van der Waals surface area contributed by atoms with Crippen molar-refractivity contribution in [1.29, 1.82) is 0 Å². The lowest BCUT2D eigenvalue weighted by molar-refractivity contribution is -0.163. The van der Waals surface area contributed by atoms with Gasteiger partial charge in [-0.15, -0.1) is 11.3 Å². The molecule has 17 heteroatoms. The van der Waals surface area contributed by atoms with Gasteiger partial charge in [0.15, 0.2) is 0 Å². The third-order valence-electron chi connectivity index (χ3n) is 10.1. The number of hydrogen-bond acceptors (Lipinski definition) is 8. The minimum Gasteiger partial charge on any atom is -0.474 e. The lowest BCUT2D eigenvalue weighted by Gasteiger charge is -2.51. The predicted molar refractivity (Wildman–Crippen MR) is 184 cm³/mol. The van der Waals surface area contributed by atoms with E-state index in [1.807, 2.05) is 0 Å². The van der Waals surface area contributed by atoms with Crippen molar-refractivity contribution in [3.8, 4) is 5.75 Å². The number of hydrogen-bond donors (Lipinski definition) is 1. The number of thiophene rings is 1. The van der Waals surface area contributed by atoms with Crippen molar-refractivity contribution in [1.82, 2.24) is 20.1 Å². The molecule has 288 valence electrons. The number of halogens is 7. The maximum Gasteiger partial charge on any atom is 0.425 e. The third-order valence-corrected chi connectivity index (χ3v) is 11.3. The van der Waals surface area contributed by atoms with E-state index in [9.17, 15) is 31.1 Å². The van der Waals surface area contributed by atoms with E-state index in [0.717, 1.165) is 40.9 Å². The van der Waals surface area contributed by atoms with E-state index in [1.54, 1.807) is 23.1 Å². The van der Waals surface area contributed by atoms with E-state index in [0.29, 0.717) is 48.8 Å². The highest BCUT2D eigenvalue weighted by Crippen LogP contribution is 2.44. The molecule has 0 radical (unpaired) electrons. The van der Waals surface area contributed by atoms with Gasteiger partial charge in [0.05, 0.1) is 24.3 Å². The smallest absolute Gasteiger partial charge is 0.425 e. The quantitative estimate of drug-likeness (QED) is 0.218. The number of alkyl halides is 6. The second kappa shape index (κ2) is 16.1. The summed E-state index contributed by atoms with van der Waals surface area (Å²) in [4.78, 5) is 35.3. The fourth-order valence-corrected chi connectivity index (χ4v) is 8.50. The van der Waals surface area contributed by atoms with Crippen LogP contribution in [0, 0.1) is 0 Å². The largest absolute Gasteiger partial charge is 0.474 e. The van der Waals surface area contributed by atoms with Gasteiger partial charge in [-0.2, -0.15) is 26.3 Å². The molecule has 3 aromatic rings. The van der Waals surface area contributed by atoms with Crippen LogP contribution in [0.1, 0.15) is 70.2 Å². The number of piperidine rings is 1. The Morgan fingerprint density at radius 3 is 2.55 bits per heavy atom. The summed E-state index contributed by atoms with van der Waals surface area (Å²) in [6, 6.07) is 6.06. The van der Waals surface area contributed by atoms with Crippen molar-refractivity contribution >= 4 is 34.8 Å². The highest BCUT2D eigenvalue weighted by molar-refractivity contribution is 7.10. The lowest BCUT2D eigenvalue weighted by atomic mass is 9.79. The van der Waals surface area contributed by atoms with Crippen LogP contribution in [-0.4, -0.2) is 90.8 Å². The molecule has 0 saturated carbocycles. The zero-order chi connectivity index (χ0) is 38.0. The van der Waals surface area contributed by atoms with Crippen LogP contribution in [0.5, 0.6) is 5.75 Å². The molecule has 1 unspecified atom stereocenters. The summed E-state index contributed by atoms with van der Waals surface area (Å²) in [6.07, 6.45) is -6.67. The lowest BCUT2D eigenvalue weighted by Crippen LogP contribution is -2.69. The molecule has 53 heavy (non-hydrogen) atoms. The Morgan fingerprint density at radius 2 is 1.85 bits per heavy atom. The molecule has 0 bridgehead atoms. The summed E-state index contributed by atoms with van der Waals surface area (Å²) >= 11 is 6.68. The fourth-order valence-electron chi connectivity index (χ4n) is 7.63. The Labute approximate surface area is 311 Å². The zero-order valence-electron chi connectivity index (χ0n) is 28.8. The number of fused-ring (bicyclic) bond motifs is 1. The summed E-state index contributed by atoms with van der Waals surface area (Å²) in [5.74, 6) is -1.93. The molecule has 1 N–H and O–H groups in total. The number of methoxy groups -OCH3 is 1. The van der Waals surface area contributed by atoms with Gasteiger partial charge >= 0.3 is 12.4 Å². The van der Waals surface area contributed by atoms with Crippen LogP contribution >= 0.6 is 22.9 Å². The van der Waals surface area contributed by atoms with Gasteiger partial charge in [0, 0.05) is 68.5 Å². The average Bonchev–Trinajstić information content (AvgIpc) is 3.61. The SMILES string of the molecule is COCC1c2ccc(Cl)cc2CCN1C(=O)[C@]1(Oc2csc(C(F)(F)F)c2)CCCN(C(=O)c2ncccc2C(F)(F)F)[C@@H]1CCNC1CCOCC1. The molecule has 3 aliphatic rings. The molecule has 0 aliphatic carbocycles. The number of amides is 2. The van der Waals surface area contributed by atoms with Gasteiger partial charge in [-0.1, -0.05) is 17.7 Å². The van der Waals surface area contributed by atoms with Crippen molar-refractivity contribution in [2.24, 2.45) is 0 Å². The summed E-state index contributed by atoms with van der Waals surface area (Å²) in [6.45, 7) is 1.43. The Bertz CT molecular complexity index is 1770. The number of aromatic nitrogens is 1.